The highest BCUT2D eigenvalue weighted by atomic mass is 16.5. The lowest BCUT2D eigenvalue weighted by Crippen LogP contribution is -2.23. The van der Waals surface area contributed by atoms with Crippen molar-refractivity contribution in [3.8, 4) is 0 Å². The standard InChI is InChI=1S/C16H23NO4/c1-4-21-15(19)10-9-14(18)17-11-12-5-7-13(8-6-12)16(2,3)20/h5-8,20H,4,9-11H2,1-3H3,(H,17,18). The Kier molecular flexibility index (Phi) is 6.37. The minimum Gasteiger partial charge on any atom is -0.466 e. The van der Waals surface area contributed by atoms with Gasteiger partial charge >= 0.3 is 5.97 Å². The van der Waals surface area contributed by atoms with Gasteiger partial charge in [0, 0.05) is 13.0 Å². The van der Waals surface area contributed by atoms with Gasteiger partial charge in [0.15, 0.2) is 0 Å². The van der Waals surface area contributed by atoms with Crippen molar-refractivity contribution in [2.24, 2.45) is 0 Å². The molecule has 0 bridgehead atoms. The number of carbonyl (C=O) groups excluding carboxylic acids is 2. The molecular weight excluding hydrogens is 270 g/mol. The van der Waals surface area contributed by atoms with Crippen molar-refractivity contribution in [2.45, 2.75) is 45.8 Å². The number of ether oxygens (including phenoxy) is 1. The van der Waals surface area contributed by atoms with Crippen LogP contribution in [-0.2, 0) is 26.5 Å². The van der Waals surface area contributed by atoms with Crippen LogP contribution in [0.1, 0.15) is 44.7 Å². The van der Waals surface area contributed by atoms with Crippen LogP contribution in [0.3, 0.4) is 0 Å². The first-order valence-corrected chi connectivity index (χ1v) is 7.07. The highest BCUT2D eigenvalue weighted by Crippen LogP contribution is 2.19. The van der Waals surface area contributed by atoms with Crippen LogP contribution in [0.15, 0.2) is 24.3 Å². The highest BCUT2D eigenvalue weighted by molar-refractivity contribution is 5.81. The lowest BCUT2D eigenvalue weighted by Gasteiger charge is -2.17. The Morgan fingerprint density at radius 1 is 1.19 bits per heavy atom. The molecule has 0 spiro atoms. The average Bonchev–Trinajstić information content (AvgIpc) is 2.43. The van der Waals surface area contributed by atoms with E-state index in [1.165, 1.54) is 0 Å². The summed E-state index contributed by atoms with van der Waals surface area (Å²) in [7, 11) is 0. The zero-order valence-electron chi connectivity index (χ0n) is 12.8. The third-order valence-electron chi connectivity index (χ3n) is 3.01. The van der Waals surface area contributed by atoms with Crippen LogP contribution in [0.2, 0.25) is 0 Å². The molecular formula is C16H23NO4. The van der Waals surface area contributed by atoms with Gasteiger partial charge in [-0.3, -0.25) is 9.59 Å². The Balaban J connectivity index is 2.38. The van der Waals surface area contributed by atoms with E-state index in [0.717, 1.165) is 11.1 Å². The first kappa shape index (κ1) is 17.2. The molecule has 116 valence electrons. The van der Waals surface area contributed by atoms with Crippen LogP contribution in [-0.4, -0.2) is 23.6 Å². The fourth-order valence-electron chi connectivity index (χ4n) is 1.77. The Morgan fingerprint density at radius 3 is 2.33 bits per heavy atom. The summed E-state index contributed by atoms with van der Waals surface area (Å²) >= 11 is 0. The number of carbonyl (C=O) groups is 2. The Hall–Kier alpha value is -1.88. The van der Waals surface area contributed by atoms with Crippen molar-refractivity contribution < 1.29 is 19.4 Å². The molecule has 0 saturated carbocycles. The maximum absolute atomic E-state index is 11.6. The molecule has 1 amide bonds. The van der Waals surface area contributed by atoms with Crippen LogP contribution >= 0.6 is 0 Å². The minimum absolute atomic E-state index is 0.0946. The predicted molar refractivity (Wildman–Crippen MR) is 79.4 cm³/mol. The first-order chi connectivity index (χ1) is 9.82. The number of rotatable bonds is 7. The Bertz CT molecular complexity index is 474. The van der Waals surface area contributed by atoms with Crippen molar-refractivity contribution in [1.82, 2.24) is 5.32 Å². The molecule has 21 heavy (non-hydrogen) atoms. The van der Waals surface area contributed by atoms with E-state index in [-0.39, 0.29) is 24.7 Å². The summed E-state index contributed by atoms with van der Waals surface area (Å²) in [5, 5.41) is 12.6. The maximum Gasteiger partial charge on any atom is 0.306 e. The molecule has 0 heterocycles. The van der Waals surface area contributed by atoms with Crippen molar-refractivity contribution in [3.63, 3.8) is 0 Å². The van der Waals surface area contributed by atoms with E-state index >= 15 is 0 Å². The fraction of sp³-hybridized carbons (Fsp3) is 0.500. The highest BCUT2D eigenvalue weighted by Gasteiger charge is 2.15. The molecule has 0 aliphatic carbocycles. The van der Waals surface area contributed by atoms with E-state index < -0.39 is 5.60 Å². The van der Waals surface area contributed by atoms with Crippen molar-refractivity contribution in [3.05, 3.63) is 35.4 Å². The van der Waals surface area contributed by atoms with Crippen molar-refractivity contribution in [2.75, 3.05) is 6.61 Å². The van der Waals surface area contributed by atoms with Crippen LogP contribution in [0.4, 0.5) is 0 Å². The average molecular weight is 293 g/mol. The molecule has 0 radical (unpaired) electrons. The van der Waals surface area contributed by atoms with Crippen molar-refractivity contribution in [1.29, 1.82) is 0 Å². The van der Waals surface area contributed by atoms with Gasteiger partial charge in [-0.1, -0.05) is 24.3 Å². The molecule has 5 heteroatoms. The van der Waals surface area contributed by atoms with E-state index in [1.807, 2.05) is 24.3 Å². The molecule has 1 aromatic carbocycles. The zero-order chi connectivity index (χ0) is 15.9. The lowest BCUT2D eigenvalue weighted by molar-refractivity contribution is -0.144. The van der Waals surface area contributed by atoms with Gasteiger partial charge in [0.2, 0.25) is 5.91 Å². The van der Waals surface area contributed by atoms with E-state index in [4.69, 9.17) is 4.74 Å². The smallest absolute Gasteiger partial charge is 0.306 e. The molecule has 0 atom stereocenters. The molecule has 1 rings (SSSR count). The summed E-state index contributed by atoms with van der Waals surface area (Å²) in [5.74, 6) is -0.545. The van der Waals surface area contributed by atoms with Gasteiger partial charge in [0.1, 0.15) is 0 Å². The number of benzene rings is 1. The van der Waals surface area contributed by atoms with Crippen LogP contribution in [0, 0.1) is 0 Å². The first-order valence-electron chi connectivity index (χ1n) is 7.07. The van der Waals surface area contributed by atoms with E-state index in [2.05, 4.69) is 5.32 Å². The van der Waals surface area contributed by atoms with Gasteiger partial charge in [-0.25, -0.2) is 0 Å². The van der Waals surface area contributed by atoms with Crippen molar-refractivity contribution >= 4 is 11.9 Å². The number of nitrogens with one attached hydrogen (secondary N) is 1. The second kappa shape index (κ2) is 7.78. The SMILES string of the molecule is CCOC(=O)CCC(=O)NCc1ccc(C(C)(C)O)cc1. The molecule has 0 aliphatic heterocycles. The molecule has 0 saturated heterocycles. The summed E-state index contributed by atoms with van der Waals surface area (Å²) in [4.78, 5) is 22.7. The van der Waals surface area contributed by atoms with E-state index in [9.17, 15) is 14.7 Å². The minimum atomic E-state index is -0.874. The quantitative estimate of drug-likeness (QED) is 0.753. The van der Waals surface area contributed by atoms with Gasteiger partial charge < -0.3 is 15.2 Å². The lowest BCUT2D eigenvalue weighted by atomic mass is 9.97. The summed E-state index contributed by atoms with van der Waals surface area (Å²) in [6.45, 7) is 5.90. The number of esters is 1. The number of hydrogen-bond acceptors (Lipinski definition) is 4. The van der Waals surface area contributed by atoms with Gasteiger partial charge in [0.05, 0.1) is 18.6 Å². The van der Waals surface area contributed by atoms with Gasteiger partial charge in [0.25, 0.3) is 0 Å². The fourth-order valence-corrected chi connectivity index (χ4v) is 1.77. The normalized spacial score (nSPS) is 11.0. The monoisotopic (exact) mass is 293 g/mol. The summed E-state index contributed by atoms with van der Waals surface area (Å²) in [5.41, 5.74) is 0.883. The Morgan fingerprint density at radius 2 is 1.81 bits per heavy atom. The van der Waals surface area contributed by atoms with Crippen LogP contribution < -0.4 is 5.32 Å². The summed E-state index contributed by atoms with van der Waals surface area (Å²) in [6, 6.07) is 7.39. The van der Waals surface area contributed by atoms with E-state index in [0.29, 0.717) is 13.2 Å². The summed E-state index contributed by atoms with van der Waals surface area (Å²) in [6.07, 6.45) is 0.220. The number of amides is 1. The third-order valence-corrected chi connectivity index (χ3v) is 3.01. The van der Waals surface area contributed by atoms with Gasteiger partial charge in [-0.2, -0.15) is 0 Å². The maximum atomic E-state index is 11.6. The molecule has 2 N–H and O–H groups in total. The summed E-state index contributed by atoms with van der Waals surface area (Å²) < 4.78 is 4.76. The van der Waals surface area contributed by atoms with Gasteiger partial charge in [-0.05, 0) is 31.9 Å². The molecule has 1 aromatic rings. The van der Waals surface area contributed by atoms with Gasteiger partial charge in [-0.15, -0.1) is 0 Å². The predicted octanol–water partition coefficient (Wildman–Crippen LogP) is 1.87. The largest absolute Gasteiger partial charge is 0.466 e. The third kappa shape index (κ3) is 6.40. The second-order valence-electron chi connectivity index (χ2n) is 5.34. The van der Waals surface area contributed by atoms with Crippen LogP contribution in [0.5, 0.6) is 0 Å². The molecule has 5 nitrogen and oxygen atoms in total. The number of hydrogen-bond donors (Lipinski definition) is 2. The van der Waals surface area contributed by atoms with Crippen LogP contribution in [0.25, 0.3) is 0 Å². The molecule has 0 fully saturated rings. The molecule has 0 aromatic heterocycles. The molecule has 0 unspecified atom stereocenters. The number of aliphatic hydroxyl groups is 1. The second-order valence-corrected chi connectivity index (χ2v) is 5.34. The molecule has 0 aliphatic rings. The van der Waals surface area contributed by atoms with E-state index in [1.54, 1.807) is 20.8 Å². The topological polar surface area (TPSA) is 75.6 Å². The Labute approximate surface area is 125 Å². The zero-order valence-corrected chi connectivity index (χ0v) is 12.8.